The average Bonchev–Trinajstić information content (AvgIpc) is 2.58. The second kappa shape index (κ2) is 8.17. The largest absolute Gasteiger partial charge is 0.496 e. The molecule has 0 radical (unpaired) electrons. The Morgan fingerprint density at radius 1 is 1.17 bits per heavy atom. The molecule has 0 spiro atoms. The van der Waals surface area contributed by atoms with E-state index >= 15 is 0 Å². The number of para-hydroxylation sites is 1. The third kappa shape index (κ3) is 4.60. The fourth-order valence-corrected chi connectivity index (χ4v) is 2.19. The van der Waals surface area contributed by atoms with Crippen molar-refractivity contribution < 1.29 is 24.2 Å². The molecule has 24 heavy (non-hydrogen) atoms. The highest BCUT2D eigenvalue weighted by atomic mass is 35.5. The van der Waals surface area contributed by atoms with Gasteiger partial charge in [0.2, 0.25) is 0 Å². The molecule has 0 heterocycles. The molecule has 0 fully saturated rings. The number of carboxylic acid groups (broad SMARTS) is 1. The molecule has 0 amide bonds. The van der Waals surface area contributed by atoms with E-state index in [0.29, 0.717) is 10.8 Å². The van der Waals surface area contributed by atoms with Crippen LogP contribution in [0.1, 0.15) is 15.9 Å². The second-order valence-corrected chi connectivity index (χ2v) is 5.20. The molecule has 0 saturated carbocycles. The molecule has 0 aliphatic heterocycles. The number of rotatable bonds is 7. The van der Waals surface area contributed by atoms with Gasteiger partial charge in [-0.25, -0.2) is 4.79 Å². The van der Waals surface area contributed by atoms with Gasteiger partial charge in [-0.05, 0) is 36.4 Å². The average molecular weight is 347 g/mol. The van der Waals surface area contributed by atoms with Crippen LogP contribution in [0.15, 0.2) is 48.5 Å². The molecule has 0 aromatic heterocycles. The Kier molecular flexibility index (Phi) is 5.98. The molecule has 2 rings (SSSR count). The number of hydrogen-bond donors (Lipinski definition) is 1. The first-order valence-corrected chi connectivity index (χ1v) is 7.38. The predicted octanol–water partition coefficient (Wildman–Crippen LogP) is 3.71. The number of halogens is 1. The van der Waals surface area contributed by atoms with Crippen molar-refractivity contribution in [2.75, 3.05) is 13.7 Å². The molecule has 0 atom stereocenters. The zero-order valence-corrected chi connectivity index (χ0v) is 13.6. The van der Waals surface area contributed by atoms with Gasteiger partial charge in [-0.15, -0.1) is 0 Å². The first-order valence-electron chi connectivity index (χ1n) is 7.01. The van der Waals surface area contributed by atoms with E-state index in [0.717, 1.165) is 5.56 Å². The summed E-state index contributed by atoms with van der Waals surface area (Å²) in [5.41, 5.74) is 0.929. The summed E-state index contributed by atoms with van der Waals surface area (Å²) >= 11 is 5.92. The molecule has 1 N–H and O–H groups in total. The topological polar surface area (TPSA) is 72.8 Å². The lowest BCUT2D eigenvalue weighted by Crippen LogP contribution is -2.11. The van der Waals surface area contributed by atoms with Crippen LogP contribution in [0, 0.1) is 0 Å². The molecule has 0 saturated heterocycles. The minimum atomic E-state index is -1.13. The number of allylic oxidation sites excluding steroid dienone is 1. The van der Waals surface area contributed by atoms with Crippen LogP contribution < -0.4 is 9.47 Å². The molecule has 5 nitrogen and oxygen atoms in total. The minimum Gasteiger partial charge on any atom is -0.496 e. The minimum absolute atomic E-state index is 0.163. The van der Waals surface area contributed by atoms with E-state index in [1.165, 1.54) is 24.3 Å². The lowest BCUT2D eigenvalue weighted by atomic mass is 10.1. The van der Waals surface area contributed by atoms with Gasteiger partial charge < -0.3 is 14.6 Å². The monoisotopic (exact) mass is 346 g/mol. The normalized spacial score (nSPS) is 10.6. The fourth-order valence-electron chi connectivity index (χ4n) is 2.02. The maximum atomic E-state index is 12.4. The molecule has 0 bridgehead atoms. The molecule has 0 aliphatic rings. The maximum absolute atomic E-state index is 12.4. The number of benzene rings is 2. The highest BCUT2D eigenvalue weighted by Crippen LogP contribution is 2.25. The van der Waals surface area contributed by atoms with Crippen LogP contribution in [0.2, 0.25) is 5.02 Å². The number of ketones is 1. The van der Waals surface area contributed by atoms with Gasteiger partial charge >= 0.3 is 5.97 Å². The van der Waals surface area contributed by atoms with Crippen molar-refractivity contribution in [2.45, 2.75) is 0 Å². The first kappa shape index (κ1) is 17.6. The van der Waals surface area contributed by atoms with Gasteiger partial charge in [-0.3, -0.25) is 4.79 Å². The molecular weight excluding hydrogens is 332 g/mol. The van der Waals surface area contributed by atoms with Crippen LogP contribution in [0.3, 0.4) is 0 Å². The summed E-state index contributed by atoms with van der Waals surface area (Å²) in [6, 6.07) is 11.7. The Hall–Kier alpha value is -2.79. The van der Waals surface area contributed by atoms with Crippen LogP contribution in [0.5, 0.6) is 11.5 Å². The highest BCUT2D eigenvalue weighted by Gasteiger charge is 2.12. The van der Waals surface area contributed by atoms with Crippen molar-refractivity contribution in [3.63, 3.8) is 0 Å². The number of carbonyl (C=O) groups is 2. The summed E-state index contributed by atoms with van der Waals surface area (Å²) < 4.78 is 10.4. The lowest BCUT2D eigenvalue weighted by molar-refractivity contribution is -0.139. The summed E-state index contributed by atoms with van der Waals surface area (Å²) in [5.74, 6) is -0.692. The first-order chi connectivity index (χ1) is 11.5. The van der Waals surface area contributed by atoms with Gasteiger partial charge in [-0.1, -0.05) is 29.8 Å². The van der Waals surface area contributed by atoms with Crippen LogP contribution in [0.25, 0.3) is 6.08 Å². The van der Waals surface area contributed by atoms with Crippen molar-refractivity contribution in [2.24, 2.45) is 0 Å². The van der Waals surface area contributed by atoms with Gasteiger partial charge in [0, 0.05) is 10.6 Å². The number of ether oxygens (including phenoxy) is 2. The number of methoxy groups -OCH3 is 1. The number of carboxylic acids is 1. The zero-order valence-electron chi connectivity index (χ0n) is 12.9. The third-order valence-electron chi connectivity index (χ3n) is 3.11. The van der Waals surface area contributed by atoms with Gasteiger partial charge in [0.1, 0.15) is 11.5 Å². The molecule has 124 valence electrons. The summed E-state index contributed by atoms with van der Waals surface area (Å²) in [5, 5.41) is 9.06. The van der Waals surface area contributed by atoms with Crippen molar-refractivity contribution in [1.82, 2.24) is 0 Å². The number of carbonyl (C=O) groups excluding carboxylic acids is 1. The van der Waals surface area contributed by atoms with Gasteiger partial charge in [0.25, 0.3) is 0 Å². The van der Waals surface area contributed by atoms with E-state index in [4.69, 9.17) is 26.2 Å². The van der Waals surface area contributed by atoms with Crippen LogP contribution in [0.4, 0.5) is 0 Å². The van der Waals surface area contributed by atoms with Crippen molar-refractivity contribution >= 4 is 29.4 Å². The van der Waals surface area contributed by atoms with Gasteiger partial charge in [-0.2, -0.15) is 0 Å². The predicted molar refractivity (Wildman–Crippen MR) is 90.9 cm³/mol. The molecule has 2 aromatic carbocycles. The second-order valence-electron chi connectivity index (χ2n) is 4.76. The lowest BCUT2D eigenvalue weighted by Gasteiger charge is -2.08. The van der Waals surface area contributed by atoms with Gasteiger partial charge in [0.05, 0.1) is 12.7 Å². The Balaban J connectivity index is 2.27. The highest BCUT2D eigenvalue weighted by molar-refractivity contribution is 6.31. The fraction of sp³-hybridized carbons (Fsp3) is 0.111. The Bertz CT molecular complexity index is 783. The molecule has 6 heteroatoms. The van der Waals surface area contributed by atoms with Crippen LogP contribution in [-0.4, -0.2) is 30.6 Å². The quantitative estimate of drug-likeness (QED) is 0.611. The van der Waals surface area contributed by atoms with Crippen molar-refractivity contribution in [3.05, 3.63) is 64.7 Å². The van der Waals surface area contributed by atoms with Gasteiger partial charge in [0.15, 0.2) is 12.4 Å². The van der Waals surface area contributed by atoms with Crippen molar-refractivity contribution in [3.8, 4) is 11.5 Å². The van der Waals surface area contributed by atoms with Crippen molar-refractivity contribution in [1.29, 1.82) is 0 Å². The molecule has 2 aromatic rings. The summed E-state index contributed by atoms with van der Waals surface area (Å²) in [7, 11) is 1.54. The third-order valence-corrected chi connectivity index (χ3v) is 3.35. The Morgan fingerprint density at radius 2 is 1.92 bits per heavy atom. The smallest absolute Gasteiger partial charge is 0.341 e. The molecular formula is C18H15ClO5. The summed E-state index contributed by atoms with van der Waals surface area (Å²) in [6.45, 7) is -0.544. The zero-order chi connectivity index (χ0) is 17.5. The number of hydrogen-bond acceptors (Lipinski definition) is 4. The van der Waals surface area contributed by atoms with Crippen LogP contribution in [-0.2, 0) is 4.79 Å². The summed E-state index contributed by atoms with van der Waals surface area (Å²) in [4.78, 5) is 23.1. The Labute approximate surface area is 144 Å². The van der Waals surface area contributed by atoms with E-state index in [1.54, 1.807) is 19.3 Å². The SMILES string of the molecule is COc1ccccc1/C=C\C(=O)c1cc(Cl)ccc1OCC(=O)O. The Morgan fingerprint density at radius 3 is 2.62 bits per heavy atom. The van der Waals surface area contributed by atoms with E-state index in [1.807, 2.05) is 18.2 Å². The van der Waals surface area contributed by atoms with E-state index < -0.39 is 12.6 Å². The number of aliphatic carboxylic acids is 1. The maximum Gasteiger partial charge on any atom is 0.341 e. The van der Waals surface area contributed by atoms with E-state index in [2.05, 4.69) is 0 Å². The van der Waals surface area contributed by atoms with Crippen LogP contribution >= 0.6 is 11.6 Å². The molecule has 0 aliphatic carbocycles. The summed E-state index contributed by atoms with van der Waals surface area (Å²) in [6.07, 6.45) is 2.97. The standard InChI is InChI=1S/C18H15ClO5/c1-23-16-5-3-2-4-12(16)6-8-15(20)14-10-13(19)7-9-17(14)24-11-18(21)22/h2-10H,11H2,1H3,(H,21,22)/b8-6-. The van der Waals surface area contributed by atoms with E-state index in [-0.39, 0.29) is 17.1 Å². The van der Waals surface area contributed by atoms with E-state index in [9.17, 15) is 9.59 Å². The molecule has 0 unspecified atom stereocenters.